The lowest BCUT2D eigenvalue weighted by atomic mass is 9.84. The summed E-state index contributed by atoms with van der Waals surface area (Å²) in [5, 5.41) is 21.4. The molecule has 0 aliphatic rings. The summed E-state index contributed by atoms with van der Waals surface area (Å²) >= 11 is 0. The van der Waals surface area contributed by atoms with Crippen molar-refractivity contribution in [2.75, 3.05) is 21.3 Å². The van der Waals surface area contributed by atoms with Gasteiger partial charge in [0.2, 0.25) is 0 Å². The highest BCUT2D eigenvalue weighted by atomic mass is 16.5. The Labute approximate surface area is 177 Å². The molecule has 0 aliphatic carbocycles. The smallest absolute Gasteiger partial charge is 0.256 e. The molecule has 0 unspecified atom stereocenters. The Morgan fingerprint density at radius 1 is 0.710 bits per heavy atom. The highest BCUT2D eigenvalue weighted by Gasteiger charge is 2.32. The van der Waals surface area contributed by atoms with E-state index in [4.69, 9.17) is 14.2 Å². The van der Waals surface area contributed by atoms with Crippen LogP contribution in [0.2, 0.25) is 0 Å². The van der Waals surface area contributed by atoms with E-state index in [1.54, 1.807) is 26.0 Å². The summed E-state index contributed by atoms with van der Waals surface area (Å²) in [6.45, 7) is 3.24. The zero-order valence-electron chi connectivity index (χ0n) is 17.8. The molecule has 0 aliphatic heterocycles. The van der Waals surface area contributed by atoms with Gasteiger partial charge in [0, 0.05) is 23.0 Å². The fraction of sp³-hybridized carbons (Fsp3) is 0.273. The number of aryl methyl sites for hydroxylation is 2. The first kappa shape index (κ1) is 21.8. The maximum Gasteiger partial charge on any atom is 0.256 e. The zero-order valence-corrected chi connectivity index (χ0v) is 17.8. The van der Waals surface area contributed by atoms with Crippen LogP contribution in [0, 0.1) is 13.8 Å². The van der Waals surface area contributed by atoms with Gasteiger partial charge in [0.05, 0.1) is 38.4 Å². The number of aromatic amines is 2. The topological polar surface area (TPSA) is 134 Å². The molecule has 0 atom stereocenters. The second-order valence-corrected chi connectivity index (χ2v) is 7.04. The normalized spacial score (nSPS) is 10.9. The number of H-pyrrole nitrogens is 2. The van der Waals surface area contributed by atoms with Crippen LogP contribution in [0.5, 0.6) is 28.7 Å². The molecule has 3 rings (SSSR count). The van der Waals surface area contributed by atoms with Gasteiger partial charge in [-0.1, -0.05) is 0 Å². The van der Waals surface area contributed by atoms with Gasteiger partial charge in [0.15, 0.2) is 11.5 Å². The van der Waals surface area contributed by atoms with Crippen molar-refractivity contribution in [3.63, 3.8) is 0 Å². The molecular weight excluding hydrogens is 404 g/mol. The minimum atomic E-state index is -1.18. The van der Waals surface area contributed by atoms with Crippen molar-refractivity contribution in [1.82, 2.24) is 9.97 Å². The van der Waals surface area contributed by atoms with Crippen LogP contribution >= 0.6 is 0 Å². The quantitative estimate of drug-likeness (QED) is 0.473. The molecule has 4 N–H and O–H groups in total. The third-order valence-corrected chi connectivity index (χ3v) is 4.99. The minimum Gasteiger partial charge on any atom is -0.507 e. The number of hydrogen-bond acceptors (Lipinski definition) is 7. The van der Waals surface area contributed by atoms with Crippen LogP contribution in [-0.4, -0.2) is 41.5 Å². The van der Waals surface area contributed by atoms with Crippen molar-refractivity contribution in [1.29, 1.82) is 0 Å². The predicted octanol–water partition coefficient (Wildman–Crippen LogP) is 2.30. The van der Waals surface area contributed by atoms with Gasteiger partial charge in [-0.15, -0.1) is 0 Å². The maximum atomic E-state index is 12.9. The molecule has 1 aromatic carbocycles. The summed E-state index contributed by atoms with van der Waals surface area (Å²) in [6.07, 6.45) is 0. The molecule has 0 radical (unpaired) electrons. The largest absolute Gasteiger partial charge is 0.507 e. The van der Waals surface area contributed by atoms with Crippen LogP contribution in [0.1, 0.15) is 34.0 Å². The lowest BCUT2D eigenvalue weighted by Crippen LogP contribution is -2.25. The van der Waals surface area contributed by atoms with Gasteiger partial charge in [-0.25, -0.2) is 0 Å². The molecule has 0 fully saturated rings. The first-order chi connectivity index (χ1) is 14.7. The number of nitrogens with one attached hydrogen (secondary N) is 2. The van der Waals surface area contributed by atoms with Crippen molar-refractivity contribution in [3.05, 3.63) is 73.1 Å². The molecule has 0 bridgehead atoms. The lowest BCUT2D eigenvalue weighted by Gasteiger charge is -2.23. The minimum absolute atomic E-state index is 0.124. The van der Waals surface area contributed by atoms with E-state index < -0.39 is 17.0 Å². The SMILES string of the molecule is COc1cc(OC)c(C(c2c(O)cc(C)[nH]c2=O)c2c(O)cc(C)[nH]c2=O)cc1OC. The predicted molar refractivity (Wildman–Crippen MR) is 114 cm³/mol. The van der Waals surface area contributed by atoms with Crippen molar-refractivity contribution < 1.29 is 24.4 Å². The van der Waals surface area contributed by atoms with Crippen molar-refractivity contribution in [2.24, 2.45) is 0 Å². The number of aromatic hydroxyl groups is 2. The maximum absolute atomic E-state index is 12.9. The summed E-state index contributed by atoms with van der Waals surface area (Å²) in [5.41, 5.74) is -0.286. The Morgan fingerprint density at radius 3 is 1.52 bits per heavy atom. The highest BCUT2D eigenvalue weighted by Crippen LogP contribution is 2.45. The summed E-state index contributed by atoms with van der Waals surface area (Å²) in [5.74, 6) is -0.893. The van der Waals surface area contributed by atoms with Gasteiger partial charge in [-0.3, -0.25) is 9.59 Å². The molecule has 0 saturated heterocycles. The van der Waals surface area contributed by atoms with Crippen LogP contribution in [-0.2, 0) is 0 Å². The van der Waals surface area contributed by atoms with Gasteiger partial charge >= 0.3 is 0 Å². The molecule has 9 heteroatoms. The number of methoxy groups -OCH3 is 3. The van der Waals surface area contributed by atoms with E-state index in [1.807, 2.05) is 0 Å². The molecule has 0 spiro atoms. The van der Waals surface area contributed by atoms with Gasteiger partial charge < -0.3 is 34.4 Å². The Hall–Kier alpha value is -3.88. The van der Waals surface area contributed by atoms with Gasteiger partial charge in [0.1, 0.15) is 17.2 Å². The molecule has 2 aromatic heterocycles. The fourth-order valence-electron chi connectivity index (χ4n) is 3.66. The number of aromatic nitrogens is 2. The Balaban J connectivity index is 2.48. The number of hydrogen-bond donors (Lipinski definition) is 4. The molecule has 0 saturated carbocycles. The molecule has 164 valence electrons. The Bertz CT molecular complexity index is 1180. The number of pyridine rings is 2. The molecule has 31 heavy (non-hydrogen) atoms. The summed E-state index contributed by atoms with van der Waals surface area (Å²) in [6, 6.07) is 5.83. The average Bonchev–Trinajstić information content (AvgIpc) is 2.70. The zero-order chi connectivity index (χ0) is 22.9. The summed E-state index contributed by atoms with van der Waals surface area (Å²) < 4.78 is 16.2. The standard InChI is InChI=1S/C22H24N2O7/c1-10-6-13(25)19(21(27)23-10)18(20-14(26)7-11(2)24-22(20)28)12-8-16(30-4)17(31-5)9-15(12)29-3/h6-9,18H,1-5H3,(H2,23,25,27)(H2,24,26,28). The summed E-state index contributed by atoms with van der Waals surface area (Å²) in [7, 11) is 4.32. The number of ether oxygens (including phenoxy) is 3. The first-order valence-electron chi connectivity index (χ1n) is 9.37. The monoisotopic (exact) mass is 428 g/mol. The van der Waals surface area contributed by atoms with Gasteiger partial charge in [-0.05, 0) is 32.0 Å². The number of rotatable bonds is 6. The third-order valence-electron chi connectivity index (χ3n) is 4.99. The van der Waals surface area contributed by atoms with Crippen molar-refractivity contribution in [3.8, 4) is 28.7 Å². The van der Waals surface area contributed by atoms with Crippen LogP contribution < -0.4 is 25.3 Å². The van der Waals surface area contributed by atoms with Gasteiger partial charge in [0.25, 0.3) is 11.1 Å². The Kier molecular flexibility index (Phi) is 5.96. The van der Waals surface area contributed by atoms with Crippen molar-refractivity contribution in [2.45, 2.75) is 19.8 Å². The van der Waals surface area contributed by atoms with Crippen LogP contribution in [0.15, 0.2) is 33.9 Å². The van der Waals surface area contributed by atoms with E-state index in [-0.39, 0.29) is 28.4 Å². The van der Waals surface area contributed by atoms with E-state index >= 15 is 0 Å². The molecule has 0 amide bonds. The fourth-order valence-corrected chi connectivity index (χ4v) is 3.66. The molecule has 9 nitrogen and oxygen atoms in total. The van der Waals surface area contributed by atoms with E-state index in [1.165, 1.54) is 33.5 Å². The van der Waals surface area contributed by atoms with E-state index in [2.05, 4.69) is 9.97 Å². The second kappa shape index (κ2) is 8.47. The number of benzene rings is 1. The Morgan fingerprint density at radius 2 is 1.13 bits per heavy atom. The van der Waals surface area contributed by atoms with Crippen molar-refractivity contribution >= 4 is 0 Å². The lowest BCUT2D eigenvalue weighted by molar-refractivity contribution is 0.347. The van der Waals surface area contributed by atoms with E-state index in [9.17, 15) is 19.8 Å². The molecule has 3 aromatic rings. The van der Waals surface area contributed by atoms with Crippen LogP contribution in [0.25, 0.3) is 0 Å². The summed E-state index contributed by atoms with van der Waals surface area (Å²) in [4.78, 5) is 31.1. The van der Waals surface area contributed by atoms with Gasteiger partial charge in [-0.2, -0.15) is 0 Å². The molecular formula is C22H24N2O7. The van der Waals surface area contributed by atoms with Crippen LogP contribution in [0.3, 0.4) is 0 Å². The average molecular weight is 428 g/mol. The van der Waals surface area contributed by atoms with E-state index in [0.717, 1.165) is 0 Å². The van der Waals surface area contributed by atoms with E-state index in [0.29, 0.717) is 28.5 Å². The molecule has 2 heterocycles. The highest BCUT2D eigenvalue weighted by molar-refractivity contribution is 5.59. The second-order valence-electron chi connectivity index (χ2n) is 7.04. The third kappa shape index (κ3) is 3.94. The first-order valence-corrected chi connectivity index (χ1v) is 9.37. The van der Waals surface area contributed by atoms with Crippen LogP contribution in [0.4, 0.5) is 0 Å².